The highest BCUT2D eigenvalue weighted by Gasteiger charge is 2.25. The van der Waals surface area contributed by atoms with Gasteiger partial charge in [-0.25, -0.2) is 8.97 Å². The molecule has 0 fully saturated rings. The third-order valence-corrected chi connectivity index (χ3v) is 8.05. The normalized spacial score (nSPS) is 14.1. The maximum Gasteiger partial charge on any atom is 0.268 e. The predicted molar refractivity (Wildman–Crippen MR) is 126 cm³/mol. The Morgan fingerprint density at radius 1 is 1.13 bits per heavy atom. The topological polar surface area (TPSA) is 52.2 Å². The molecule has 5 rings (SSSR count). The summed E-state index contributed by atoms with van der Waals surface area (Å²) in [6, 6.07) is 8.09. The van der Waals surface area contributed by atoms with Crippen LogP contribution in [0, 0.1) is 12.8 Å². The summed E-state index contributed by atoms with van der Waals surface area (Å²) in [6.07, 6.45) is 5.54. The highest BCUT2D eigenvalue weighted by molar-refractivity contribution is 7.99. The van der Waals surface area contributed by atoms with E-state index in [-0.39, 0.29) is 5.56 Å². The van der Waals surface area contributed by atoms with Crippen molar-refractivity contribution in [2.75, 3.05) is 5.75 Å². The zero-order valence-electron chi connectivity index (χ0n) is 17.6. The molecule has 0 aliphatic heterocycles. The van der Waals surface area contributed by atoms with Crippen LogP contribution in [-0.4, -0.2) is 24.9 Å². The predicted octanol–water partition coefficient (Wildman–Crippen LogP) is 5.42. The van der Waals surface area contributed by atoms with Gasteiger partial charge in [0.2, 0.25) is 5.78 Å². The van der Waals surface area contributed by atoms with Crippen molar-refractivity contribution in [3.8, 4) is 5.69 Å². The lowest BCUT2D eigenvalue weighted by atomic mass is 9.97. The molecule has 0 unspecified atom stereocenters. The van der Waals surface area contributed by atoms with Crippen LogP contribution < -0.4 is 5.56 Å². The van der Waals surface area contributed by atoms with E-state index in [0.29, 0.717) is 11.7 Å². The molecule has 0 amide bonds. The molecule has 3 heterocycles. The fourth-order valence-corrected chi connectivity index (χ4v) is 6.73. The summed E-state index contributed by atoms with van der Waals surface area (Å²) in [5.41, 5.74) is 3.30. The number of aromatic nitrogens is 4. The number of nitrogens with zero attached hydrogens (tertiary/aromatic N) is 4. The Morgan fingerprint density at radius 2 is 1.90 bits per heavy atom. The molecule has 5 nitrogen and oxygen atoms in total. The molecule has 1 aliphatic carbocycles. The number of thiophene rings is 1. The summed E-state index contributed by atoms with van der Waals surface area (Å²) in [7, 11) is 0. The smallest absolute Gasteiger partial charge is 0.268 e. The van der Waals surface area contributed by atoms with Crippen molar-refractivity contribution in [2.45, 2.75) is 58.0 Å². The van der Waals surface area contributed by atoms with Crippen molar-refractivity contribution >= 4 is 39.1 Å². The minimum Gasteiger partial charge on any atom is -0.268 e. The van der Waals surface area contributed by atoms with Gasteiger partial charge in [0.25, 0.3) is 5.56 Å². The van der Waals surface area contributed by atoms with Gasteiger partial charge >= 0.3 is 0 Å². The molecule has 0 bridgehead atoms. The second-order valence-corrected chi connectivity index (χ2v) is 10.7. The summed E-state index contributed by atoms with van der Waals surface area (Å²) in [5.74, 6) is 2.26. The molecule has 0 saturated heterocycles. The van der Waals surface area contributed by atoms with Crippen LogP contribution in [0.1, 0.15) is 49.1 Å². The average Bonchev–Trinajstić information content (AvgIpc) is 3.31. The second-order valence-electron chi connectivity index (χ2n) is 8.52. The monoisotopic (exact) mass is 438 g/mol. The van der Waals surface area contributed by atoms with Crippen LogP contribution in [-0.2, 0) is 12.8 Å². The van der Waals surface area contributed by atoms with E-state index in [1.165, 1.54) is 22.4 Å². The van der Waals surface area contributed by atoms with Crippen LogP contribution in [0.5, 0.6) is 0 Å². The molecule has 0 spiro atoms. The number of aryl methyl sites for hydroxylation is 3. The van der Waals surface area contributed by atoms with Crippen molar-refractivity contribution in [3.63, 3.8) is 0 Å². The van der Waals surface area contributed by atoms with Gasteiger partial charge in [-0.1, -0.05) is 43.3 Å². The summed E-state index contributed by atoms with van der Waals surface area (Å²) in [5, 5.41) is 10.8. The van der Waals surface area contributed by atoms with Gasteiger partial charge in [-0.2, -0.15) is 0 Å². The third kappa shape index (κ3) is 3.28. The fraction of sp³-hybridized carbons (Fsp3) is 0.435. The van der Waals surface area contributed by atoms with Crippen LogP contribution in [0.25, 0.3) is 21.7 Å². The molecule has 3 aromatic heterocycles. The highest BCUT2D eigenvalue weighted by atomic mass is 32.2. The third-order valence-electron chi connectivity index (χ3n) is 5.81. The first-order chi connectivity index (χ1) is 14.5. The lowest BCUT2D eigenvalue weighted by Crippen LogP contribution is -2.22. The van der Waals surface area contributed by atoms with Crippen molar-refractivity contribution in [3.05, 3.63) is 50.6 Å². The number of benzene rings is 1. The van der Waals surface area contributed by atoms with Crippen molar-refractivity contribution in [2.24, 2.45) is 5.92 Å². The van der Waals surface area contributed by atoms with Crippen LogP contribution >= 0.6 is 23.1 Å². The molecule has 0 N–H and O–H groups in total. The van der Waals surface area contributed by atoms with E-state index in [0.717, 1.165) is 52.5 Å². The summed E-state index contributed by atoms with van der Waals surface area (Å²) in [6.45, 7) is 6.53. The van der Waals surface area contributed by atoms with Crippen LogP contribution in [0.2, 0.25) is 0 Å². The quantitative estimate of drug-likeness (QED) is 0.390. The van der Waals surface area contributed by atoms with Crippen LogP contribution in [0.15, 0.2) is 34.2 Å². The number of thioether (sulfide) groups is 1. The average molecular weight is 439 g/mol. The Kier molecular flexibility index (Phi) is 5.19. The molecule has 1 aliphatic rings. The second kappa shape index (κ2) is 7.85. The molecule has 156 valence electrons. The molecule has 0 atom stereocenters. The highest BCUT2D eigenvalue weighted by Crippen LogP contribution is 2.36. The molecule has 4 aromatic rings. The molecule has 0 radical (unpaired) electrons. The number of rotatable bonds is 5. The molecule has 0 saturated carbocycles. The Hall–Kier alpha value is -2.12. The summed E-state index contributed by atoms with van der Waals surface area (Å²) in [4.78, 5) is 16.1. The maximum absolute atomic E-state index is 13.8. The van der Waals surface area contributed by atoms with Gasteiger partial charge < -0.3 is 0 Å². The lowest BCUT2D eigenvalue weighted by molar-refractivity contribution is 0.631. The molecular formula is C23H26N4OS2. The van der Waals surface area contributed by atoms with Gasteiger partial charge in [0.15, 0.2) is 5.16 Å². The minimum absolute atomic E-state index is 0.0342. The molecule has 30 heavy (non-hydrogen) atoms. The van der Waals surface area contributed by atoms with Crippen LogP contribution in [0.4, 0.5) is 0 Å². The molecule has 7 heteroatoms. The summed E-state index contributed by atoms with van der Waals surface area (Å²) >= 11 is 3.50. The standard InChI is InChI=1S/C23H26N4OS2/c1-14(2)12-13-29-23-25-24-22-26(16-10-8-15(3)9-11-16)20(28)19-17-6-4-5-7-18(17)30-21(19)27(22)23/h8-11,14H,4-7,12-13H2,1-3H3. The number of hydrogen-bond acceptors (Lipinski definition) is 5. The summed E-state index contributed by atoms with van der Waals surface area (Å²) < 4.78 is 3.88. The van der Waals surface area contributed by atoms with E-state index < -0.39 is 0 Å². The number of hydrogen-bond donors (Lipinski definition) is 0. The zero-order chi connectivity index (χ0) is 20.8. The minimum atomic E-state index is 0.0342. The Bertz CT molecular complexity index is 1280. The van der Waals surface area contributed by atoms with Gasteiger partial charge in [-0.3, -0.25) is 4.79 Å². The largest absolute Gasteiger partial charge is 0.268 e. The lowest BCUT2D eigenvalue weighted by Gasteiger charge is -2.12. The van der Waals surface area contributed by atoms with E-state index in [1.54, 1.807) is 27.7 Å². The Balaban J connectivity index is 1.80. The zero-order valence-corrected chi connectivity index (χ0v) is 19.3. The first kappa shape index (κ1) is 19.8. The molecular weight excluding hydrogens is 412 g/mol. The fourth-order valence-electron chi connectivity index (χ4n) is 4.12. The maximum atomic E-state index is 13.8. The molecule has 1 aromatic carbocycles. The van der Waals surface area contributed by atoms with Gasteiger partial charge in [0.05, 0.1) is 11.1 Å². The number of fused-ring (bicyclic) bond motifs is 5. The first-order valence-corrected chi connectivity index (χ1v) is 12.5. The first-order valence-electron chi connectivity index (χ1n) is 10.7. The van der Waals surface area contributed by atoms with E-state index in [1.807, 2.05) is 24.3 Å². The van der Waals surface area contributed by atoms with Gasteiger partial charge in [0, 0.05) is 10.6 Å². The SMILES string of the molecule is Cc1ccc(-n2c(=O)c3c4c(sc3n3c(SCCC(C)C)nnc23)CCCC4)cc1. The van der Waals surface area contributed by atoms with Crippen molar-refractivity contribution in [1.82, 2.24) is 19.2 Å². The van der Waals surface area contributed by atoms with E-state index in [4.69, 9.17) is 0 Å². The van der Waals surface area contributed by atoms with Gasteiger partial charge in [-0.05, 0) is 62.6 Å². The Morgan fingerprint density at radius 3 is 2.67 bits per heavy atom. The van der Waals surface area contributed by atoms with E-state index in [9.17, 15) is 4.79 Å². The van der Waals surface area contributed by atoms with Crippen LogP contribution in [0.3, 0.4) is 0 Å². The van der Waals surface area contributed by atoms with Gasteiger partial charge in [0.1, 0.15) is 4.83 Å². The van der Waals surface area contributed by atoms with E-state index in [2.05, 4.69) is 35.4 Å². The van der Waals surface area contributed by atoms with Gasteiger partial charge in [-0.15, -0.1) is 21.5 Å². The van der Waals surface area contributed by atoms with Crippen molar-refractivity contribution in [1.29, 1.82) is 0 Å². The van der Waals surface area contributed by atoms with E-state index >= 15 is 0 Å². The van der Waals surface area contributed by atoms with Crippen molar-refractivity contribution < 1.29 is 0 Å². The Labute approximate surface area is 184 Å².